The number of Topliss-reactive ketones (excluding diaryl/α,β-unsaturated/α-hetero) is 2. The van der Waals surface area contributed by atoms with Crippen molar-refractivity contribution in [3.8, 4) is 11.5 Å². The van der Waals surface area contributed by atoms with Crippen molar-refractivity contribution >= 4 is 46.5 Å². The molecule has 0 saturated carbocycles. The van der Waals surface area contributed by atoms with E-state index in [9.17, 15) is 9.59 Å². The van der Waals surface area contributed by atoms with Crippen LogP contribution < -0.4 is 4.74 Å². The Morgan fingerprint density at radius 1 is 0.808 bits per heavy atom. The molecule has 3 nitrogen and oxygen atoms in total. The first kappa shape index (κ1) is 19.3. The van der Waals surface area contributed by atoms with Crippen LogP contribution >= 0.6 is 35.0 Å². The van der Waals surface area contributed by atoms with E-state index < -0.39 is 0 Å². The number of hydrogen-bond acceptors (Lipinski definition) is 4. The van der Waals surface area contributed by atoms with E-state index in [0.717, 1.165) is 21.3 Å². The second kappa shape index (κ2) is 8.94. The molecule has 0 aromatic heterocycles. The normalized spacial score (nSPS) is 12.1. The molecule has 136 valence electrons. The Kier molecular flexibility index (Phi) is 6.63. The lowest BCUT2D eigenvalue weighted by Crippen LogP contribution is -2.03. The molecule has 2 aromatic rings. The highest BCUT2D eigenvalue weighted by Gasteiger charge is 2.21. The molecule has 0 unspecified atom stereocenters. The SMILES string of the molecule is O=C(CCCCl)c1ccc2c(c1)Sc1cc(C(=O)CCCCl)ccc1O2. The Morgan fingerprint density at radius 2 is 1.27 bits per heavy atom. The number of hydrogen-bond donors (Lipinski definition) is 0. The second-order valence-electron chi connectivity index (χ2n) is 5.96. The van der Waals surface area contributed by atoms with Crippen LogP contribution in [0, 0.1) is 0 Å². The number of carbonyl (C=O) groups is 2. The zero-order valence-electron chi connectivity index (χ0n) is 14.1. The average molecular weight is 409 g/mol. The van der Waals surface area contributed by atoms with Crippen molar-refractivity contribution in [2.24, 2.45) is 0 Å². The Labute approximate surface area is 167 Å². The fourth-order valence-corrected chi connectivity index (χ4v) is 3.97. The Morgan fingerprint density at radius 3 is 1.69 bits per heavy atom. The standard InChI is InChI=1S/C20H18Cl2O3S/c21-9-1-3-15(23)13-5-7-17-19(11-13)26-20-12-14(6-8-18(20)25-17)16(24)4-2-10-22/h5-8,11-12H,1-4,9-10H2. The Bertz CT molecular complexity index is 768. The molecule has 0 spiro atoms. The summed E-state index contributed by atoms with van der Waals surface area (Å²) in [6.07, 6.45) is 2.20. The third-order valence-corrected chi connectivity index (χ3v) is 5.66. The molecule has 26 heavy (non-hydrogen) atoms. The number of ketones is 2. The van der Waals surface area contributed by atoms with Crippen LogP contribution in [0.1, 0.15) is 46.4 Å². The van der Waals surface area contributed by atoms with E-state index in [2.05, 4.69) is 0 Å². The zero-order chi connectivity index (χ0) is 18.5. The van der Waals surface area contributed by atoms with Gasteiger partial charge in [0.1, 0.15) is 11.5 Å². The first-order chi connectivity index (χ1) is 12.6. The van der Waals surface area contributed by atoms with Crippen molar-refractivity contribution < 1.29 is 14.3 Å². The van der Waals surface area contributed by atoms with Gasteiger partial charge < -0.3 is 4.74 Å². The van der Waals surface area contributed by atoms with Gasteiger partial charge in [0.25, 0.3) is 0 Å². The molecule has 3 rings (SSSR count). The van der Waals surface area contributed by atoms with Crippen LogP contribution in [0.5, 0.6) is 11.5 Å². The predicted molar refractivity (Wildman–Crippen MR) is 106 cm³/mol. The van der Waals surface area contributed by atoms with Crippen molar-refractivity contribution in [2.75, 3.05) is 11.8 Å². The van der Waals surface area contributed by atoms with E-state index in [1.165, 1.54) is 11.8 Å². The Hall–Kier alpha value is -1.49. The summed E-state index contributed by atoms with van der Waals surface area (Å²) in [5.74, 6) is 2.54. The minimum atomic E-state index is 0.0739. The monoisotopic (exact) mass is 408 g/mol. The summed E-state index contributed by atoms with van der Waals surface area (Å²) in [6, 6.07) is 10.9. The maximum Gasteiger partial charge on any atom is 0.162 e. The van der Waals surface area contributed by atoms with Gasteiger partial charge in [0.15, 0.2) is 11.6 Å². The van der Waals surface area contributed by atoms with Crippen LogP contribution in [0.25, 0.3) is 0 Å². The van der Waals surface area contributed by atoms with E-state index >= 15 is 0 Å². The molecule has 6 heteroatoms. The number of halogens is 2. The van der Waals surface area contributed by atoms with Crippen LogP contribution in [-0.2, 0) is 0 Å². The van der Waals surface area contributed by atoms with E-state index in [4.69, 9.17) is 27.9 Å². The van der Waals surface area contributed by atoms with Crippen molar-refractivity contribution in [3.05, 3.63) is 47.5 Å². The highest BCUT2D eigenvalue weighted by Crippen LogP contribution is 2.47. The van der Waals surface area contributed by atoms with Gasteiger partial charge in [-0.3, -0.25) is 9.59 Å². The van der Waals surface area contributed by atoms with Gasteiger partial charge in [-0.15, -0.1) is 23.2 Å². The van der Waals surface area contributed by atoms with Gasteiger partial charge in [0.05, 0.1) is 9.79 Å². The zero-order valence-corrected chi connectivity index (χ0v) is 16.4. The molecule has 0 saturated heterocycles. The molecule has 0 radical (unpaired) electrons. The van der Waals surface area contributed by atoms with Crippen LogP contribution in [0.15, 0.2) is 46.2 Å². The van der Waals surface area contributed by atoms with E-state index in [1.807, 2.05) is 24.3 Å². The van der Waals surface area contributed by atoms with Gasteiger partial charge in [0, 0.05) is 35.7 Å². The number of carbonyl (C=O) groups excluding carboxylic acids is 2. The van der Waals surface area contributed by atoms with Gasteiger partial charge in [0.2, 0.25) is 0 Å². The molecule has 0 amide bonds. The van der Waals surface area contributed by atoms with Gasteiger partial charge in [-0.05, 0) is 49.2 Å². The molecule has 1 aliphatic rings. The Balaban J connectivity index is 1.81. The summed E-state index contributed by atoms with van der Waals surface area (Å²) in [5, 5.41) is 0. The van der Waals surface area contributed by atoms with E-state index in [1.54, 1.807) is 12.1 Å². The fourth-order valence-electron chi connectivity index (χ4n) is 2.67. The largest absolute Gasteiger partial charge is 0.455 e. The summed E-state index contributed by atoms with van der Waals surface area (Å²) in [4.78, 5) is 26.2. The maximum atomic E-state index is 12.2. The first-order valence-corrected chi connectivity index (χ1v) is 10.3. The molecule has 1 heterocycles. The van der Waals surface area contributed by atoms with Crippen LogP contribution in [0.3, 0.4) is 0 Å². The topological polar surface area (TPSA) is 43.4 Å². The summed E-state index contributed by atoms with van der Waals surface area (Å²) < 4.78 is 5.92. The van der Waals surface area contributed by atoms with Gasteiger partial charge in [-0.25, -0.2) is 0 Å². The molecule has 0 atom stereocenters. The summed E-state index contributed by atoms with van der Waals surface area (Å²) >= 11 is 12.8. The third kappa shape index (κ3) is 4.43. The van der Waals surface area contributed by atoms with Crippen LogP contribution in [0.4, 0.5) is 0 Å². The highest BCUT2D eigenvalue weighted by atomic mass is 35.5. The summed E-state index contributed by atoms with van der Waals surface area (Å²) in [6.45, 7) is 0. The number of benzene rings is 2. The van der Waals surface area contributed by atoms with E-state index in [-0.39, 0.29) is 11.6 Å². The smallest absolute Gasteiger partial charge is 0.162 e. The van der Waals surface area contributed by atoms with Crippen LogP contribution in [0.2, 0.25) is 0 Å². The summed E-state index contributed by atoms with van der Waals surface area (Å²) in [7, 11) is 0. The van der Waals surface area contributed by atoms with Gasteiger partial charge >= 0.3 is 0 Å². The van der Waals surface area contributed by atoms with Gasteiger partial charge in [-0.1, -0.05) is 11.8 Å². The fraction of sp³-hybridized carbons (Fsp3) is 0.300. The number of rotatable bonds is 8. The number of alkyl halides is 2. The lowest BCUT2D eigenvalue weighted by molar-refractivity contribution is 0.0973. The number of ether oxygens (including phenoxy) is 1. The lowest BCUT2D eigenvalue weighted by Gasteiger charge is -2.20. The van der Waals surface area contributed by atoms with Crippen LogP contribution in [-0.4, -0.2) is 23.3 Å². The van der Waals surface area contributed by atoms with Crippen molar-refractivity contribution in [1.82, 2.24) is 0 Å². The molecule has 0 aliphatic carbocycles. The molecule has 2 aromatic carbocycles. The molecule has 0 fully saturated rings. The van der Waals surface area contributed by atoms with Crippen molar-refractivity contribution in [1.29, 1.82) is 0 Å². The number of fused-ring (bicyclic) bond motifs is 2. The molecule has 0 N–H and O–H groups in total. The second-order valence-corrected chi connectivity index (χ2v) is 7.80. The third-order valence-electron chi connectivity index (χ3n) is 4.05. The van der Waals surface area contributed by atoms with Gasteiger partial charge in [-0.2, -0.15) is 0 Å². The predicted octanol–water partition coefficient (Wildman–Crippen LogP) is 6.35. The van der Waals surface area contributed by atoms with Crippen molar-refractivity contribution in [2.45, 2.75) is 35.5 Å². The maximum absolute atomic E-state index is 12.2. The van der Waals surface area contributed by atoms with E-state index in [0.29, 0.717) is 48.6 Å². The minimum Gasteiger partial charge on any atom is -0.455 e. The quantitative estimate of drug-likeness (QED) is 0.321. The molecule has 1 aliphatic heterocycles. The lowest BCUT2D eigenvalue weighted by atomic mass is 10.1. The average Bonchev–Trinajstić information content (AvgIpc) is 2.67. The molecular formula is C20H18Cl2O3S. The minimum absolute atomic E-state index is 0.0739. The highest BCUT2D eigenvalue weighted by molar-refractivity contribution is 7.99. The molecular weight excluding hydrogens is 391 g/mol. The summed E-state index contributed by atoms with van der Waals surface area (Å²) in [5.41, 5.74) is 1.31. The molecule has 0 bridgehead atoms. The first-order valence-electron chi connectivity index (χ1n) is 8.44. The van der Waals surface area contributed by atoms with Crippen molar-refractivity contribution in [3.63, 3.8) is 0 Å².